The summed E-state index contributed by atoms with van der Waals surface area (Å²) in [5, 5.41) is 9.41. The topological polar surface area (TPSA) is 64.2 Å². The van der Waals surface area contributed by atoms with Gasteiger partial charge in [-0.05, 0) is 49.9 Å². The molecule has 1 aromatic heterocycles. The van der Waals surface area contributed by atoms with Crippen molar-refractivity contribution in [2.45, 2.75) is 52.6 Å². The van der Waals surface area contributed by atoms with Crippen LogP contribution in [0.2, 0.25) is 0 Å². The zero-order chi connectivity index (χ0) is 22.1. The number of hydrogen-bond donors (Lipinski definition) is 1. The molecule has 30 heavy (non-hydrogen) atoms. The second-order valence-electron chi connectivity index (χ2n) is 8.41. The summed E-state index contributed by atoms with van der Waals surface area (Å²) in [5.41, 5.74) is 1.88. The van der Waals surface area contributed by atoms with Crippen molar-refractivity contribution in [3.63, 3.8) is 0 Å². The average Bonchev–Trinajstić information content (AvgIpc) is 2.92. The van der Waals surface area contributed by atoms with Crippen molar-refractivity contribution in [2.24, 2.45) is 0 Å². The summed E-state index contributed by atoms with van der Waals surface area (Å²) in [4.78, 5) is 24.4. The number of carbonyl (C=O) groups is 1. The molecule has 0 radical (unpaired) electrons. The van der Waals surface area contributed by atoms with Crippen LogP contribution in [-0.4, -0.2) is 20.2 Å². The molecule has 0 aliphatic carbocycles. The van der Waals surface area contributed by atoms with E-state index < -0.39 is 17.5 Å². The lowest BCUT2D eigenvalue weighted by molar-refractivity contribution is 0.0697. The number of imidazole rings is 1. The first-order chi connectivity index (χ1) is 14.1. The zero-order valence-electron chi connectivity index (χ0n) is 17.8. The number of rotatable bonds is 6. The SMILES string of the molecule is CCCc1c(F)n(C(C)(C)C)c(=O)n1Cc1ccc(-c2ccccc2C(=O)O)cc1. The minimum Gasteiger partial charge on any atom is -0.478 e. The normalized spacial score (nSPS) is 11.6. The highest BCUT2D eigenvalue weighted by Gasteiger charge is 2.27. The van der Waals surface area contributed by atoms with Crippen LogP contribution >= 0.6 is 0 Å². The van der Waals surface area contributed by atoms with Gasteiger partial charge in [-0.1, -0.05) is 55.8 Å². The molecule has 0 unspecified atom stereocenters. The predicted molar refractivity (Wildman–Crippen MR) is 116 cm³/mol. The van der Waals surface area contributed by atoms with E-state index in [0.717, 1.165) is 17.5 Å². The third-order valence-corrected chi connectivity index (χ3v) is 5.10. The van der Waals surface area contributed by atoms with Gasteiger partial charge in [-0.2, -0.15) is 4.39 Å². The number of aromatic carboxylic acids is 1. The summed E-state index contributed by atoms with van der Waals surface area (Å²) >= 11 is 0. The number of carboxylic acid groups (broad SMARTS) is 1. The van der Waals surface area contributed by atoms with Gasteiger partial charge in [0.2, 0.25) is 5.95 Å². The summed E-state index contributed by atoms with van der Waals surface area (Å²) < 4.78 is 17.8. The zero-order valence-corrected chi connectivity index (χ0v) is 17.8. The largest absolute Gasteiger partial charge is 0.478 e. The Kier molecular flexibility index (Phi) is 5.97. The van der Waals surface area contributed by atoms with Gasteiger partial charge in [-0.25, -0.2) is 9.59 Å². The molecule has 1 N–H and O–H groups in total. The molecular formula is C24H27FN2O3. The molecule has 0 saturated heterocycles. The van der Waals surface area contributed by atoms with Crippen molar-refractivity contribution in [1.82, 2.24) is 9.13 Å². The van der Waals surface area contributed by atoms with Crippen molar-refractivity contribution in [1.29, 1.82) is 0 Å². The highest BCUT2D eigenvalue weighted by Crippen LogP contribution is 2.25. The molecule has 2 aromatic carbocycles. The van der Waals surface area contributed by atoms with E-state index in [4.69, 9.17) is 0 Å². The fraction of sp³-hybridized carbons (Fsp3) is 0.333. The first kappa shape index (κ1) is 21.6. The molecule has 0 fully saturated rings. The lowest BCUT2D eigenvalue weighted by atomic mass is 9.99. The molecule has 0 saturated carbocycles. The van der Waals surface area contributed by atoms with Crippen LogP contribution < -0.4 is 5.69 Å². The van der Waals surface area contributed by atoms with E-state index in [1.807, 2.05) is 52.0 Å². The smallest absolute Gasteiger partial charge is 0.336 e. The lowest BCUT2D eigenvalue weighted by Gasteiger charge is -2.19. The fourth-order valence-corrected chi connectivity index (χ4v) is 3.67. The maximum atomic E-state index is 15.0. The Hall–Kier alpha value is -3.15. The highest BCUT2D eigenvalue weighted by atomic mass is 19.1. The van der Waals surface area contributed by atoms with E-state index in [-0.39, 0.29) is 17.8 Å². The van der Waals surface area contributed by atoms with Gasteiger partial charge in [-0.3, -0.25) is 9.13 Å². The molecule has 0 spiro atoms. The first-order valence-corrected chi connectivity index (χ1v) is 10.1. The van der Waals surface area contributed by atoms with E-state index in [1.54, 1.807) is 24.3 Å². The molecule has 3 aromatic rings. The van der Waals surface area contributed by atoms with Gasteiger partial charge in [-0.15, -0.1) is 0 Å². The van der Waals surface area contributed by atoms with E-state index in [1.165, 1.54) is 9.13 Å². The molecule has 158 valence electrons. The Morgan fingerprint density at radius 2 is 1.70 bits per heavy atom. The van der Waals surface area contributed by atoms with Crippen LogP contribution in [0.1, 0.15) is 55.7 Å². The van der Waals surface area contributed by atoms with Crippen LogP contribution in [0.5, 0.6) is 0 Å². The first-order valence-electron chi connectivity index (χ1n) is 10.1. The summed E-state index contributed by atoms with van der Waals surface area (Å²) in [5.74, 6) is -1.45. The van der Waals surface area contributed by atoms with E-state index in [9.17, 15) is 14.7 Å². The molecule has 5 nitrogen and oxygen atoms in total. The van der Waals surface area contributed by atoms with Crippen molar-refractivity contribution < 1.29 is 14.3 Å². The molecule has 0 atom stereocenters. The third kappa shape index (κ3) is 4.08. The average molecular weight is 410 g/mol. The monoisotopic (exact) mass is 410 g/mol. The van der Waals surface area contributed by atoms with Crippen LogP contribution in [0.4, 0.5) is 4.39 Å². The predicted octanol–water partition coefficient (Wildman–Crippen LogP) is 4.91. The van der Waals surface area contributed by atoms with Crippen LogP contribution in [0, 0.1) is 5.95 Å². The van der Waals surface area contributed by atoms with Crippen molar-refractivity contribution in [2.75, 3.05) is 0 Å². The van der Waals surface area contributed by atoms with Gasteiger partial charge >= 0.3 is 11.7 Å². The van der Waals surface area contributed by atoms with Gasteiger partial charge < -0.3 is 5.11 Å². The van der Waals surface area contributed by atoms with Gasteiger partial charge in [0, 0.05) is 5.54 Å². The number of carboxylic acids is 1. The molecule has 1 heterocycles. The van der Waals surface area contributed by atoms with Crippen molar-refractivity contribution in [3.05, 3.63) is 81.8 Å². The van der Waals surface area contributed by atoms with Crippen molar-refractivity contribution >= 4 is 5.97 Å². The maximum Gasteiger partial charge on any atom is 0.336 e. The summed E-state index contributed by atoms with van der Waals surface area (Å²) in [6, 6.07) is 14.2. The number of nitrogens with zero attached hydrogens (tertiary/aromatic N) is 2. The number of halogens is 1. The van der Waals surface area contributed by atoms with Gasteiger partial charge in [0.1, 0.15) is 0 Å². The number of hydrogen-bond acceptors (Lipinski definition) is 2. The molecule has 0 bridgehead atoms. The molecular weight excluding hydrogens is 383 g/mol. The van der Waals surface area contributed by atoms with Crippen LogP contribution in [0.15, 0.2) is 53.3 Å². The molecule has 3 rings (SSSR count). The maximum absolute atomic E-state index is 15.0. The molecule has 0 amide bonds. The summed E-state index contributed by atoms with van der Waals surface area (Å²) in [6.45, 7) is 7.65. The highest BCUT2D eigenvalue weighted by molar-refractivity contribution is 5.95. The summed E-state index contributed by atoms with van der Waals surface area (Å²) in [7, 11) is 0. The second kappa shape index (κ2) is 8.30. The second-order valence-corrected chi connectivity index (χ2v) is 8.41. The third-order valence-electron chi connectivity index (χ3n) is 5.10. The fourth-order valence-electron chi connectivity index (χ4n) is 3.67. The Morgan fingerprint density at radius 1 is 1.07 bits per heavy atom. The Morgan fingerprint density at radius 3 is 2.27 bits per heavy atom. The molecule has 0 aliphatic heterocycles. The van der Waals surface area contributed by atoms with Crippen LogP contribution in [-0.2, 0) is 18.5 Å². The Labute approximate surface area is 175 Å². The van der Waals surface area contributed by atoms with Gasteiger partial charge in [0.25, 0.3) is 0 Å². The Balaban J connectivity index is 1.99. The van der Waals surface area contributed by atoms with Crippen LogP contribution in [0.25, 0.3) is 11.1 Å². The summed E-state index contributed by atoms with van der Waals surface area (Å²) in [6.07, 6.45) is 1.21. The van der Waals surface area contributed by atoms with Gasteiger partial charge in [0.15, 0.2) is 0 Å². The van der Waals surface area contributed by atoms with E-state index in [2.05, 4.69) is 0 Å². The van der Waals surface area contributed by atoms with Crippen molar-refractivity contribution in [3.8, 4) is 11.1 Å². The van der Waals surface area contributed by atoms with E-state index in [0.29, 0.717) is 17.7 Å². The number of aromatic nitrogens is 2. The van der Waals surface area contributed by atoms with Gasteiger partial charge in [0.05, 0.1) is 17.8 Å². The molecule has 6 heteroatoms. The Bertz CT molecular complexity index is 1120. The van der Waals surface area contributed by atoms with Crippen LogP contribution in [0.3, 0.4) is 0 Å². The standard InChI is InChI=1S/C24H27FN2O3/c1-5-8-20-21(25)27(24(2,3)4)23(30)26(20)15-16-11-13-17(14-12-16)18-9-6-7-10-19(18)22(28)29/h6-7,9-14H,5,8,15H2,1-4H3,(H,28,29). The quantitative estimate of drug-likeness (QED) is 0.628. The minimum atomic E-state index is -0.982. The number of benzene rings is 2. The lowest BCUT2D eigenvalue weighted by Crippen LogP contribution is -2.36. The van der Waals surface area contributed by atoms with E-state index >= 15 is 4.39 Å². The molecule has 0 aliphatic rings. The minimum absolute atomic E-state index is 0.232.